The van der Waals surface area contributed by atoms with Crippen LogP contribution in [-0.4, -0.2) is 74.5 Å². The van der Waals surface area contributed by atoms with Crippen molar-refractivity contribution in [3.8, 4) is 0 Å². The van der Waals surface area contributed by atoms with Gasteiger partial charge in [0.2, 0.25) is 0 Å². The van der Waals surface area contributed by atoms with E-state index in [1.807, 2.05) is 25.2 Å². The molecule has 35 heavy (non-hydrogen) atoms. The zero-order valence-electron chi connectivity index (χ0n) is 20.6. The van der Waals surface area contributed by atoms with Crippen LogP contribution in [0.1, 0.15) is 51.0 Å². The number of aromatic nitrogens is 2. The van der Waals surface area contributed by atoms with E-state index in [1.54, 1.807) is 0 Å². The molecular weight excluding hydrogens is 445 g/mol. The number of alkyl halides is 1. The molecule has 2 aromatic rings. The van der Waals surface area contributed by atoms with Gasteiger partial charge in [-0.15, -0.1) is 0 Å². The number of allylic oxidation sites excluding steroid dienone is 3. The summed E-state index contributed by atoms with van der Waals surface area (Å²) in [7, 11) is 3.76. The maximum atomic E-state index is 16.8. The number of aromatic amines is 1. The van der Waals surface area contributed by atoms with Gasteiger partial charge in [-0.05, 0) is 75.0 Å². The van der Waals surface area contributed by atoms with E-state index in [9.17, 15) is 10.2 Å². The molecule has 7 rings (SSSR count). The number of nitrogens with zero attached hydrogens (tertiary/aromatic N) is 2. The lowest BCUT2D eigenvalue weighted by molar-refractivity contribution is -0.282. The summed E-state index contributed by atoms with van der Waals surface area (Å²) in [6.07, 6.45) is 7.40. The molecule has 3 fully saturated rings. The Hall–Kier alpha value is -2.06. The quantitative estimate of drug-likeness (QED) is 0.572. The molecule has 0 amide bonds. The number of benzene rings is 1. The van der Waals surface area contributed by atoms with Gasteiger partial charge in [0.1, 0.15) is 11.7 Å². The van der Waals surface area contributed by atoms with Gasteiger partial charge in [0, 0.05) is 29.2 Å². The highest BCUT2D eigenvalue weighted by Crippen LogP contribution is 2.70. The van der Waals surface area contributed by atoms with Crippen LogP contribution in [0.2, 0.25) is 0 Å². The first-order chi connectivity index (χ1) is 16.6. The van der Waals surface area contributed by atoms with Crippen LogP contribution < -0.4 is 0 Å². The molecule has 2 aliphatic heterocycles. The van der Waals surface area contributed by atoms with Gasteiger partial charge in [-0.3, -0.25) is 5.10 Å². The molecule has 1 aromatic carbocycles. The second-order valence-electron chi connectivity index (χ2n) is 12.1. The lowest BCUT2D eigenvalue weighted by Gasteiger charge is -2.61. The van der Waals surface area contributed by atoms with E-state index in [4.69, 9.17) is 4.74 Å². The largest absolute Gasteiger partial charge is 0.389 e. The normalized spacial score (nSPS) is 46.3. The monoisotopic (exact) mass is 479 g/mol. The molecule has 7 heteroatoms. The average molecular weight is 480 g/mol. The molecular formula is C28H34FN3O3. The number of fused-ring (bicyclic) bond motifs is 2. The van der Waals surface area contributed by atoms with Crippen LogP contribution in [0, 0.1) is 11.3 Å². The van der Waals surface area contributed by atoms with Crippen molar-refractivity contribution in [3.05, 3.63) is 47.7 Å². The SMILES string of the molecule is CN(C)[C@H]1C[C@@]23CC[C@@]4(O2)C(=CC[C@]2(C)C(c5ccc6[nH]ncc6c5)=CCC24)CC3(F)[C@@H](O)[C@@H]1O. The number of H-pyrrole nitrogens is 1. The molecule has 3 aliphatic carbocycles. The van der Waals surface area contributed by atoms with Gasteiger partial charge in [0.25, 0.3) is 0 Å². The fraction of sp³-hybridized carbons (Fsp3) is 0.607. The highest BCUT2D eigenvalue weighted by Gasteiger charge is 2.76. The summed E-state index contributed by atoms with van der Waals surface area (Å²) < 4.78 is 23.8. The van der Waals surface area contributed by atoms with Gasteiger partial charge in [0.15, 0.2) is 5.67 Å². The Kier molecular flexibility index (Phi) is 4.32. The van der Waals surface area contributed by atoms with Gasteiger partial charge >= 0.3 is 0 Å². The number of likely N-dealkylation sites (N-methyl/N-ethyl adjacent to an activating group) is 1. The van der Waals surface area contributed by atoms with Crippen LogP contribution in [0.25, 0.3) is 16.5 Å². The zero-order valence-corrected chi connectivity index (χ0v) is 20.6. The molecule has 2 spiro atoms. The van der Waals surface area contributed by atoms with E-state index in [-0.39, 0.29) is 23.8 Å². The third kappa shape index (κ3) is 2.55. The van der Waals surface area contributed by atoms with Gasteiger partial charge < -0.3 is 19.8 Å². The molecule has 2 saturated heterocycles. The molecule has 0 radical (unpaired) electrons. The Labute approximate surface area is 204 Å². The molecule has 2 unspecified atom stereocenters. The first kappa shape index (κ1) is 22.2. The molecule has 8 atom stereocenters. The van der Waals surface area contributed by atoms with Crippen molar-refractivity contribution >= 4 is 16.5 Å². The molecule has 3 N–H and O–H groups in total. The minimum absolute atomic E-state index is 0.115. The summed E-state index contributed by atoms with van der Waals surface area (Å²) in [5, 5.41) is 30.2. The van der Waals surface area contributed by atoms with Crippen molar-refractivity contribution in [1.29, 1.82) is 0 Å². The van der Waals surface area contributed by atoms with Crippen LogP contribution >= 0.6 is 0 Å². The Balaban J connectivity index is 1.30. The smallest absolute Gasteiger partial charge is 0.171 e. The maximum absolute atomic E-state index is 16.8. The Bertz CT molecular complexity index is 1290. The van der Waals surface area contributed by atoms with Crippen molar-refractivity contribution in [3.63, 3.8) is 0 Å². The summed E-state index contributed by atoms with van der Waals surface area (Å²) >= 11 is 0. The standard InChI is InChI=1S/C28H34FN3O3/c1-25-9-8-18-13-28(29)24(34)23(33)21(32(2)3)14-26(28)10-11-27(18,35-26)22(25)7-5-19(25)16-4-6-20-17(12-16)15-30-31-20/h4-6,8,12,15,21-24,33-34H,7,9-11,13-14H2,1-3H3,(H,30,31)/t21-,22?,23+,24-,25+,26+,27+,28?/m0/s1. The first-order valence-electron chi connectivity index (χ1n) is 12.9. The number of aliphatic hydroxyl groups excluding tert-OH is 2. The van der Waals surface area contributed by atoms with Gasteiger partial charge in [0.05, 0.1) is 23.4 Å². The number of halogens is 1. The predicted molar refractivity (Wildman–Crippen MR) is 131 cm³/mol. The zero-order chi connectivity index (χ0) is 24.4. The van der Waals surface area contributed by atoms with E-state index in [0.717, 1.165) is 35.7 Å². The van der Waals surface area contributed by atoms with E-state index >= 15 is 4.39 Å². The Morgan fingerprint density at radius 1 is 1.20 bits per heavy atom. The molecule has 1 saturated carbocycles. The summed E-state index contributed by atoms with van der Waals surface area (Å²) in [5.74, 6) is 0.218. The Morgan fingerprint density at radius 3 is 2.83 bits per heavy atom. The van der Waals surface area contributed by atoms with Crippen molar-refractivity contribution in [2.24, 2.45) is 11.3 Å². The van der Waals surface area contributed by atoms with Gasteiger partial charge in [-0.1, -0.05) is 25.1 Å². The third-order valence-corrected chi connectivity index (χ3v) is 10.4. The molecule has 1 aromatic heterocycles. The van der Waals surface area contributed by atoms with Crippen LogP contribution in [0.15, 0.2) is 42.1 Å². The molecule has 3 heterocycles. The number of aliphatic hydroxyl groups is 2. The lowest BCUT2D eigenvalue weighted by atomic mass is 9.56. The van der Waals surface area contributed by atoms with Crippen molar-refractivity contribution < 1.29 is 19.3 Å². The van der Waals surface area contributed by atoms with Crippen LogP contribution in [0.5, 0.6) is 0 Å². The maximum Gasteiger partial charge on any atom is 0.171 e. The molecule has 2 bridgehead atoms. The van der Waals surface area contributed by atoms with Crippen molar-refractivity contribution in [2.75, 3.05) is 14.1 Å². The minimum Gasteiger partial charge on any atom is -0.389 e. The van der Waals surface area contributed by atoms with Crippen molar-refractivity contribution in [2.45, 2.75) is 80.6 Å². The van der Waals surface area contributed by atoms with Crippen molar-refractivity contribution in [1.82, 2.24) is 15.1 Å². The van der Waals surface area contributed by atoms with E-state index in [1.165, 1.54) is 11.1 Å². The topological polar surface area (TPSA) is 81.6 Å². The van der Waals surface area contributed by atoms with Gasteiger partial charge in [-0.2, -0.15) is 5.10 Å². The van der Waals surface area contributed by atoms with E-state index < -0.39 is 29.1 Å². The first-order valence-corrected chi connectivity index (χ1v) is 12.9. The van der Waals surface area contributed by atoms with Crippen LogP contribution in [0.3, 0.4) is 0 Å². The molecule has 6 nitrogen and oxygen atoms in total. The van der Waals surface area contributed by atoms with E-state index in [2.05, 4.69) is 47.5 Å². The summed E-state index contributed by atoms with van der Waals surface area (Å²) in [4.78, 5) is 1.90. The number of hydrogen-bond donors (Lipinski definition) is 3. The second kappa shape index (κ2) is 6.82. The predicted octanol–water partition coefficient (Wildman–Crippen LogP) is 3.76. The second-order valence-corrected chi connectivity index (χ2v) is 12.1. The van der Waals surface area contributed by atoms with E-state index in [0.29, 0.717) is 12.8 Å². The highest BCUT2D eigenvalue weighted by atomic mass is 19.1. The fourth-order valence-electron chi connectivity index (χ4n) is 8.54. The number of hydrogen-bond acceptors (Lipinski definition) is 5. The van der Waals surface area contributed by atoms with Crippen LogP contribution in [0.4, 0.5) is 4.39 Å². The fourth-order valence-corrected chi connectivity index (χ4v) is 8.54. The summed E-state index contributed by atoms with van der Waals surface area (Å²) in [5.41, 5.74) is 0.890. The van der Waals surface area contributed by atoms with Crippen LogP contribution in [-0.2, 0) is 4.74 Å². The number of rotatable bonds is 2. The minimum atomic E-state index is -1.97. The number of ether oxygens (including phenoxy) is 1. The lowest BCUT2D eigenvalue weighted by Crippen LogP contribution is -2.73. The average Bonchev–Trinajstić information content (AvgIpc) is 3.52. The highest BCUT2D eigenvalue weighted by molar-refractivity contribution is 5.85. The third-order valence-electron chi connectivity index (χ3n) is 10.4. The Morgan fingerprint density at radius 2 is 2.03 bits per heavy atom. The summed E-state index contributed by atoms with van der Waals surface area (Å²) in [6, 6.07) is 6.12. The molecule has 186 valence electrons. The number of nitrogens with one attached hydrogen (secondary N) is 1. The van der Waals surface area contributed by atoms with Gasteiger partial charge in [-0.25, -0.2) is 4.39 Å². The molecule has 5 aliphatic rings. The summed E-state index contributed by atoms with van der Waals surface area (Å²) in [6.45, 7) is 2.34.